The number of benzene rings is 1. The first-order valence-corrected chi connectivity index (χ1v) is 6.96. The number of nitrogens with zero attached hydrogens (tertiary/aromatic N) is 2. The number of rotatable bonds is 4. The Hall–Kier alpha value is -0.820. The zero-order valence-electron chi connectivity index (χ0n) is 12.3. The molecule has 0 aromatic heterocycles. The van der Waals surface area contributed by atoms with Gasteiger partial charge in [0.2, 0.25) is 0 Å². The monoisotopic (exact) mass is 388 g/mol. The maximum absolute atomic E-state index is 4.14. The van der Waals surface area contributed by atoms with E-state index in [4.69, 9.17) is 0 Å². The van der Waals surface area contributed by atoms with Gasteiger partial charge in [-0.1, -0.05) is 30.3 Å². The molecule has 0 bridgehead atoms. The van der Waals surface area contributed by atoms with Gasteiger partial charge >= 0.3 is 0 Å². The van der Waals surface area contributed by atoms with Crippen LogP contribution in [0.25, 0.3) is 0 Å². The molecule has 1 fully saturated rings. The molecule has 0 aliphatic carbocycles. The summed E-state index contributed by atoms with van der Waals surface area (Å²) in [5.74, 6) is 1.59. The Kier molecular flexibility index (Phi) is 7.91. The molecule has 1 heterocycles. The molecule has 2 rings (SSSR count). The highest BCUT2D eigenvalue weighted by molar-refractivity contribution is 14.0. The first-order chi connectivity index (χ1) is 9.31. The lowest BCUT2D eigenvalue weighted by atomic mass is 10.1. The number of hydrogen-bond acceptors (Lipinski definition) is 2. The molecule has 1 aromatic carbocycles. The molecule has 1 aliphatic rings. The van der Waals surface area contributed by atoms with E-state index in [0.29, 0.717) is 5.92 Å². The molecular formula is C15H25IN4. The second-order valence-corrected chi connectivity index (χ2v) is 5.08. The molecular weight excluding hydrogens is 363 g/mol. The van der Waals surface area contributed by atoms with Crippen LogP contribution in [0.5, 0.6) is 0 Å². The van der Waals surface area contributed by atoms with E-state index in [0.717, 1.165) is 19.0 Å². The quantitative estimate of drug-likeness (QED) is 0.471. The van der Waals surface area contributed by atoms with E-state index in [9.17, 15) is 0 Å². The first kappa shape index (κ1) is 17.2. The van der Waals surface area contributed by atoms with E-state index in [1.165, 1.54) is 25.1 Å². The first-order valence-electron chi connectivity index (χ1n) is 6.96. The van der Waals surface area contributed by atoms with Gasteiger partial charge in [-0.3, -0.25) is 9.89 Å². The number of nitrogens with one attached hydrogen (secondary N) is 2. The van der Waals surface area contributed by atoms with Crippen LogP contribution >= 0.6 is 24.0 Å². The Morgan fingerprint density at radius 2 is 2.10 bits per heavy atom. The molecule has 0 radical (unpaired) electrons. The molecule has 112 valence electrons. The van der Waals surface area contributed by atoms with Crippen molar-refractivity contribution in [3.63, 3.8) is 0 Å². The summed E-state index contributed by atoms with van der Waals surface area (Å²) in [6, 6.07) is 10.7. The van der Waals surface area contributed by atoms with Gasteiger partial charge in [0.1, 0.15) is 0 Å². The molecule has 2 N–H and O–H groups in total. The fourth-order valence-corrected chi connectivity index (χ4v) is 2.58. The number of likely N-dealkylation sites (tertiary alicyclic amines) is 1. The fourth-order valence-electron chi connectivity index (χ4n) is 2.58. The van der Waals surface area contributed by atoms with E-state index < -0.39 is 0 Å². The summed E-state index contributed by atoms with van der Waals surface area (Å²) >= 11 is 0. The van der Waals surface area contributed by atoms with Crippen LogP contribution in [0.2, 0.25) is 0 Å². The molecule has 1 aromatic rings. The van der Waals surface area contributed by atoms with Crippen LogP contribution < -0.4 is 10.6 Å². The molecule has 0 amide bonds. The van der Waals surface area contributed by atoms with Gasteiger partial charge in [0.05, 0.1) is 0 Å². The van der Waals surface area contributed by atoms with Gasteiger partial charge in [-0.2, -0.15) is 0 Å². The third kappa shape index (κ3) is 5.28. The molecule has 1 aliphatic heterocycles. The van der Waals surface area contributed by atoms with Crippen molar-refractivity contribution in [2.24, 2.45) is 10.9 Å². The average molecular weight is 388 g/mol. The molecule has 5 heteroatoms. The van der Waals surface area contributed by atoms with E-state index >= 15 is 0 Å². The molecule has 20 heavy (non-hydrogen) atoms. The summed E-state index contributed by atoms with van der Waals surface area (Å²) in [5, 5.41) is 6.41. The van der Waals surface area contributed by atoms with E-state index in [2.05, 4.69) is 50.9 Å². The smallest absolute Gasteiger partial charge is 0.190 e. The van der Waals surface area contributed by atoms with Crippen molar-refractivity contribution in [3.8, 4) is 0 Å². The topological polar surface area (TPSA) is 39.7 Å². The van der Waals surface area contributed by atoms with Gasteiger partial charge in [0.25, 0.3) is 0 Å². The number of halogens is 1. The van der Waals surface area contributed by atoms with Crippen LogP contribution in [-0.2, 0) is 6.54 Å². The van der Waals surface area contributed by atoms with Crippen LogP contribution in [0, 0.1) is 5.92 Å². The van der Waals surface area contributed by atoms with Crippen LogP contribution in [0.4, 0.5) is 0 Å². The molecule has 0 spiro atoms. The lowest BCUT2D eigenvalue weighted by molar-refractivity contribution is 0.316. The minimum absolute atomic E-state index is 0. The van der Waals surface area contributed by atoms with Crippen molar-refractivity contribution in [2.75, 3.05) is 33.7 Å². The Labute approximate surface area is 139 Å². The van der Waals surface area contributed by atoms with Crippen molar-refractivity contribution in [2.45, 2.75) is 13.0 Å². The summed E-state index contributed by atoms with van der Waals surface area (Å²) < 4.78 is 0. The Balaban J connectivity index is 0.00000200. The third-order valence-electron chi connectivity index (χ3n) is 3.64. The number of guanidine groups is 1. The summed E-state index contributed by atoms with van der Waals surface area (Å²) in [4.78, 5) is 6.67. The maximum Gasteiger partial charge on any atom is 0.190 e. The van der Waals surface area contributed by atoms with Crippen LogP contribution in [0.1, 0.15) is 12.0 Å². The summed E-state index contributed by atoms with van der Waals surface area (Å²) in [6.45, 7) is 4.43. The second kappa shape index (κ2) is 9.18. The normalized spacial score (nSPS) is 19.5. The highest BCUT2D eigenvalue weighted by Gasteiger charge is 2.22. The van der Waals surface area contributed by atoms with Crippen molar-refractivity contribution in [3.05, 3.63) is 35.9 Å². The molecule has 0 saturated carbocycles. The van der Waals surface area contributed by atoms with Gasteiger partial charge < -0.3 is 10.6 Å². The zero-order valence-corrected chi connectivity index (χ0v) is 14.6. The Morgan fingerprint density at radius 3 is 2.75 bits per heavy atom. The highest BCUT2D eigenvalue weighted by Crippen LogP contribution is 2.17. The van der Waals surface area contributed by atoms with Gasteiger partial charge in [-0.15, -0.1) is 24.0 Å². The minimum Gasteiger partial charge on any atom is -0.359 e. The lowest BCUT2D eigenvalue weighted by Gasteiger charge is -2.17. The van der Waals surface area contributed by atoms with Gasteiger partial charge in [-0.05, 0) is 24.4 Å². The molecule has 1 saturated heterocycles. The Bertz CT molecular complexity index is 408. The van der Waals surface area contributed by atoms with Crippen LogP contribution in [0.3, 0.4) is 0 Å². The van der Waals surface area contributed by atoms with E-state index in [-0.39, 0.29) is 24.0 Å². The number of aliphatic imine (C=N–C) groups is 1. The second-order valence-electron chi connectivity index (χ2n) is 5.08. The summed E-state index contributed by atoms with van der Waals surface area (Å²) in [6.07, 6.45) is 1.26. The average Bonchev–Trinajstić information content (AvgIpc) is 2.89. The predicted octanol–water partition coefficient (Wildman–Crippen LogP) is 1.92. The van der Waals surface area contributed by atoms with Crippen molar-refractivity contribution in [1.29, 1.82) is 0 Å². The molecule has 4 nitrogen and oxygen atoms in total. The summed E-state index contributed by atoms with van der Waals surface area (Å²) in [7, 11) is 3.70. The fraction of sp³-hybridized carbons (Fsp3) is 0.533. The van der Waals surface area contributed by atoms with E-state index in [1.54, 1.807) is 7.05 Å². The zero-order chi connectivity index (χ0) is 13.5. The minimum atomic E-state index is 0. The van der Waals surface area contributed by atoms with Gasteiger partial charge in [0, 0.05) is 33.7 Å². The van der Waals surface area contributed by atoms with Crippen molar-refractivity contribution >= 4 is 29.9 Å². The van der Waals surface area contributed by atoms with E-state index in [1.807, 2.05) is 7.05 Å². The largest absolute Gasteiger partial charge is 0.359 e. The maximum atomic E-state index is 4.14. The van der Waals surface area contributed by atoms with Gasteiger partial charge in [-0.25, -0.2) is 0 Å². The number of hydrogen-bond donors (Lipinski definition) is 2. The van der Waals surface area contributed by atoms with Crippen LogP contribution in [-0.4, -0.2) is 44.6 Å². The Morgan fingerprint density at radius 1 is 1.35 bits per heavy atom. The lowest BCUT2D eigenvalue weighted by Crippen LogP contribution is -2.38. The summed E-state index contributed by atoms with van der Waals surface area (Å²) in [5.41, 5.74) is 1.40. The van der Waals surface area contributed by atoms with Crippen LogP contribution in [0.15, 0.2) is 35.3 Å². The van der Waals surface area contributed by atoms with Crippen molar-refractivity contribution in [1.82, 2.24) is 15.5 Å². The SMILES string of the molecule is CN=C(NC)NCC1CCN(Cc2ccccc2)C1.I. The van der Waals surface area contributed by atoms with Gasteiger partial charge in [0.15, 0.2) is 5.96 Å². The highest BCUT2D eigenvalue weighted by atomic mass is 127. The third-order valence-corrected chi connectivity index (χ3v) is 3.64. The molecule has 1 atom stereocenters. The predicted molar refractivity (Wildman–Crippen MR) is 95.7 cm³/mol. The van der Waals surface area contributed by atoms with Crippen molar-refractivity contribution < 1.29 is 0 Å². The molecule has 1 unspecified atom stereocenters. The standard InChI is InChI=1S/C15H24N4.HI/c1-16-15(17-2)18-10-14-8-9-19(12-14)11-13-6-4-3-5-7-13;/h3-7,14H,8-12H2,1-2H3,(H2,16,17,18);1H.